The molecule has 0 aliphatic carbocycles. The molecule has 0 atom stereocenters. The number of nitrogens with one attached hydrogen (secondary N) is 1. The molecule has 0 aliphatic rings. The van der Waals surface area contributed by atoms with E-state index in [1.807, 2.05) is 4.84 Å². The van der Waals surface area contributed by atoms with Gasteiger partial charge in [0.15, 0.2) is 0 Å². The first-order valence-corrected chi connectivity index (χ1v) is 2.71. The largest absolute Gasteiger partial charge is 0.261 e. The molecular formula is C4H8ClF2N. The lowest BCUT2D eigenvalue weighted by atomic mass is 10.3. The first-order valence-electron chi connectivity index (χ1n) is 2.33. The van der Waals surface area contributed by atoms with Crippen LogP contribution in [0, 0.1) is 0 Å². The number of hydrogen-bond acceptors (Lipinski definition) is 1. The second-order valence-corrected chi connectivity index (χ2v) is 1.79. The summed E-state index contributed by atoms with van der Waals surface area (Å²) in [5.41, 5.74) is 0. The number of rotatable bonds is 3. The third kappa shape index (κ3) is 3.16. The zero-order valence-electron chi connectivity index (χ0n) is 4.55. The lowest BCUT2D eigenvalue weighted by Gasteiger charge is -2.10. The van der Waals surface area contributed by atoms with Crippen LogP contribution in [0.5, 0.6) is 0 Å². The Bertz CT molecular complexity index is 67.1. The molecule has 0 aromatic heterocycles. The predicted octanol–water partition coefficient (Wildman–Crippen LogP) is 1.78. The van der Waals surface area contributed by atoms with Crippen LogP contribution in [0.4, 0.5) is 8.78 Å². The monoisotopic (exact) mass is 143 g/mol. The van der Waals surface area contributed by atoms with E-state index < -0.39 is 12.5 Å². The second-order valence-electron chi connectivity index (χ2n) is 1.52. The Morgan fingerprint density at radius 2 is 2.12 bits per heavy atom. The molecule has 0 heterocycles. The summed E-state index contributed by atoms with van der Waals surface area (Å²) in [5.74, 6) is -2.65. The zero-order chi connectivity index (χ0) is 6.62. The Morgan fingerprint density at radius 1 is 1.62 bits per heavy atom. The highest BCUT2D eigenvalue weighted by Gasteiger charge is 2.24. The maximum absolute atomic E-state index is 12.0. The highest BCUT2D eigenvalue weighted by Crippen LogP contribution is 2.15. The van der Waals surface area contributed by atoms with Gasteiger partial charge in [-0.1, -0.05) is 6.92 Å². The van der Waals surface area contributed by atoms with Gasteiger partial charge in [-0.05, 0) is 11.8 Å². The van der Waals surface area contributed by atoms with Crippen molar-refractivity contribution < 1.29 is 8.78 Å². The van der Waals surface area contributed by atoms with Crippen molar-refractivity contribution in [2.45, 2.75) is 19.3 Å². The maximum atomic E-state index is 12.0. The second kappa shape index (κ2) is 3.20. The molecule has 8 heavy (non-hydrogen) atoms. The zero-order valence-corrected chi connectivity index (χ0v) is 5.30. The van der Waals surface area contributed by atoms with Gasteiger partial charge in [0.25, 0.3) is 5.92 Å². The average Bonchev–Trinajstić information content (AvgIpc) is 1.67. The fraction of sp³-hybridized carbons (Fsp3) is 1.00. The Morgan fingerprint density at radius 3 is 2.25 bits per heavy atom. The Kier molecular flexibility index (Phi) is 3.24. The third-order valence-electron chi connectivity index (χ3n) is 0.843. The minimum atomic E-state index is -2.65. The first-order chi connectivity index (χ1) is 3.62. The van der Waals surface area contributed by atoms with E-state index in [0.717, 1.165) is 0 Å². The van der Waals surface area contributed by atoms with Crippen LogP contribution < -0.4 is 4.84 Å². The smallest absolute Gasteiger partial charge is 0.227 e. The minimum Gasteiger partial charge on any atom is -0.227 e. The average molecular weight is 144 g/mol. The molecule has 0 bridgehead atoms. The molecule has 4 heteroatoms. The Hall–Kier alpha value is 0.110. The number of halogens is 3. The van der Waals surface area contributed by atoms with E-state index in [1.165, 1.54) is 6.92 Å². The number of hydrogen-bond donors (Lipinski definition) is 1. The lowest BCUT2D eigenvalue weighted by molar-refractivity contribution is 0.00360. The minimum absolute atomic E-state index is 0.174. The van der Waals surface area contributed by atoms with Gasteiger partial charge in [-0.25, -0.2) is 13.6 Å². The van der Waals surface area contributed by atoms with Crippen LogP contribution in [0.2, 0.25) is 0 Å². The van der Waals surface area contributed by atoms with Crippen LogP contribution in [0.3, 0.4) is 0 Å². The van der Waals surface area contributed by atoms with Gasteiger partial charge in [0.2, 0.25) is 0 Å². The van der Waals surface area contributed by atoms with Gasteiger partial charge >= 0.3 is 0 Å². The van der Waals surface area contributed by atoms with E-state index in [0.29, 0.717) is 0 Å². The van der Waals surface area contributed by atoms with Crippen molar-refractivity contribution in [2.24, 2.45) is 0 Å². The van der Waals surface area contributed by atoms with Gasteiger partial charge in [0.1, 0.15) is 0 Å². The molecule has 0 amide bonds. The van der Waals surface area contributed by atoms with Crippen LogP contribution in [0.15, 0.2) is 0 Å². The molecule has 0 saturated heterocycles. The van der Waals surface area contributed by atoms with E-state index in [4.69, 9.17) is 11.8 Å². The van der Waals surface area contributed by atoms with Crippen LogP contribution in [0.25, 0.3) is 0 Å². The molecule has 0 radical (unpaired) electrons. The van der Waals surface area contributed by atoms with Crippen LogP contribution in [0.1, 0.15) is 13.3 Å². The standard InChI is InChI=1S/C4H8ClF2N/c1-2-4(6,7)3-8-5/h8H,2-3H2,1H3. The number of alkyl halides is 2. The van der Waals surface area contributed by atoms with Gasteiger partial charge < -0.3 is 0 Å². The van der Waals surface area contributed by atoms with Crippen molar-refractivity contribution in [3.8, 4) is 0 Å². The van der Waals surface area contributed by atoms with Crippen molar-refractivity contribution >= 4 is 11.8 Å². The SMILES string of the molecule is CCC(F)(F)CNCl. The summed E-state index contributed by atoms with van der Waals surface area (Å²) in [6.07, 6.45) is -0.174. The van der Waals surface area contributed by atoms with E-state index in [9.17, 15) is 8.78 Å². The molecule has 0 aliphatic heterocycles. The summed E-state index contributed by atoms with van der Waals surface area (Å²) in [4.78, 5) is 1.88. The Labute approximate surface area is 52.1 Å². The summed E-state index contributed by atoms with van der Waals surface area (Å²) in [6.45, 7) is 0.958. The topological polar surface area (TPSA) is 12.0 Å². The molecule has 1 nitrogen and oxygen atoms in total. The molecule has 0 aromatic rings. The van der Waals surface area contributed by atoms with E-state index >= 15 is 0 Å². The maximum Gasteiger partial charge on any atom is 0.261 e. The molecule has 0 unspecified atom stereocenters. The fourth-order valence-corrected chi connectivity index (χ4v) is 0.418. The van der Waals surface area contributed by atoms with Gasteiger partial charge in [0, 0.05) is 6.42 Å². The van der Waals surface area contributed by atoms with E-state index in [1.54, 1.807) is 0 Å². The molecule has 50 valence electrons. The normalized spacial score (nSPS) is 12.0. The van der Waals surface area contributed by atoms with Gasteiger partial charge in [-0.2, -0.15) is 0 Å². The van der Waals surface area contributed by atoms with Crippen LogP contribution in [-0.2, 0) is 0 Å². The quantitative estimate of drug-likeness (QED) is 0.594. The summed E-state index contributed by atoms with van der Waals surface area (Å²) in [5, 5.41) is 0. The van der Waals surface area contributed by atoms with Crippen LogP contribution in [-0.4, -0.2) is 12.5 Å². The first kappa shape index (κ1) is 8.11. The molecule has 0 fully saturated rings. The van der Waals surface area contributed by atoms with Gasteiger partial charge in [-0.15, -0.1) is 0 Å². The summed E-state index contributed by atoms with van der Waals surface area (Å²) in [6, 6.07) is 0. The summed E-state index contributed by atoms with van der Waals surface area (Å²) in [7, 11) is 0. The van der Waals surface area contributed by atoms with E-state index in [2.05, 4.69) is 0 Å². The summed E-state index contributed by atoms with van der Waals surface area (Å²) < 4.78 is 24.0. The molecule has 0 rings (SSSR count). The van der Waals surface area contributed by atoms with Gasteiger partial charge in [-0.3, -0.25) is 0 Å². The molecular weight excluding hydrogens is 136 g/mol. The van der Waals surface area contributed by atoms with Crippen molar-refractivity contribution in [3.63, 3.8) is 0 Å². The van der Waals surface area contributed by atoms with Crippen LogP contribution >= 0.6 is 11.8 Å². The molecule has 0 aromatic carbocycles. The molecule has 1 N–H and O–H groups in total. The lowest BCUT2D eigenvalue weighted by Crippen LogP contribution is -2.26. The van der Waals surface area contributed by atoms with Crippen molar-refractivity contribution in [1.82, 2.24) is 4.84 Å². The fourth-order valence-electron chi connectivity index (χ4n) is 0.223. The van der Waals surface area contributed by atoms with Crippen molar-refractivity contribution in [2.75, 3.05) is 6.54 Å². The highest BCUT2D eigenvalue weighted by molar-refractivity contribution is 6.13. The molecule has 0 spiro atoms. The van der Waals surface area contributed by atoms with E-state index in [-0.39, 0.29) is 6.42 Å². The Balaban J connectivity index is 3.37. The highest BCUT2D eigenvalue weighted by atomic mass is 35.5. The van der Waals surface area contributed by atoms with Crippen molar-refractivity contribution in [1.29, 1.82) is 0 Å². The van der Waals surface area contributed by atoms with Crippen molar-refractivity contribution in [3.05, 3.63) is 0 Å². The summed E-state index contributed by atoms with van der Waals surface area (Å²) >= 11 is 4.83. The molecule has 0 saturated carbocycles. The predicted molar refractivity (Wildman–Crippen MR) is 29.1 cm³/mol. The third-order valence-corrected chi connectivity index (χ3v) is 0.976. The van der Waals surface area contributed by atoms with Gasteiger partial charge in [0.05, 0.1) is 6.54 Å².